The molecule has 1 N–H and O–H groups in total. The lowest BCUT2D eigenvalue weighted by atomic mass is 9.99. The number of aromatic hydroxyl groups is 1. The van der Waals surface area contributed by atoms with Crippen molar-refractivity contribution in [2.24, 2.45) is 0 Å². The van der Waals surface area contributed by atoms with Crippen molar-refractivity contribution in [2.45, 2.75) is 32.2 Å². The summed E-state index contributed by atoms with van der Waals surface area (Å²) in [5.74, 6) is 0.324. The largest absolute Gasteiger partial charge is 0.508 e. The lowest BCUT2D eigenvalue weighted by Gasteiger charge is -2.26. The minimum Gasteiger partial charge on any atom is -0.508 e. The summed E-state index contributed by atoms with van der Waals surface area (Å²) in [6.07, 6.45) is 6.87. The zero-order valence-corrected chi connectivity index (χ0v) is 16.0. The molecule has 0 saturated carbocycles. The average Bonchev–Trinajstić information content (AvgIpc) is 3.34. The molecule has 0 unspecified atom stereocenters. The maximum absolute atomic E-state index is 9.49. The van der Waals surface area contributed by atoms with Crippen molar-refractivity contribution in [2.75, 3.05) is 13.1 Å². The topological polar surface area (TPSA) is 41.3 Å². The van der Waals surface area contributed by atoms with Crippen molar-refractivity contribution in [3.63, 3.8) is 0 Å². The van der Waals surface area contributed by atoms with Crippen LogP contribution in [0.5, 0.6) is 5.75 Å². The number of hydrogen-bond acceptors (Lipinski definition) is 3. The van der Waals surface area contributed by atoms with E-state index in [2.05, 4.69) is 46.0 Å². The van der Waals surface area contributed by atoms with E-state index in [9.17, 15) is 5.11 Å². The molecule has 142 valence electrons. The van der Waals surface area contributed by atoms with Gasteiger partial charge < -0.3 is 5.11 Å². The summed E-state index contributed by atoms with van der Waals surface area (Å²) in [6.45, 7) is 2.91. The first-order valence-electron chi connectivity index (χ1n) is 10.1. The van der Waals surface area contributed by atoms with Crippen LogP contribution in [-0.4, -0.2) is 32.9 Å². The molecule has 4 nitrogen and oxygen atoms in total. The lowest BCUT2D eigenvalue weighted by molar-refractivity contribution is 0.289. The number of benzene rings is 2. The van der Waals surface area contributed by atoms with E-state index < -0.39 is 0 Å². The molecule has 0 spiro atoms. The van der Waals surface area contributed by atoms with Gasteiger partial charge in [-0.3, -0.25) is 4.90 Å². The van der Waals surface area contributed by atoms with Gasteiger partial charge in [-0.15, -0.1) is 0 Å². The minimum absolute atomic E-state index is 0.324. The van der Waals surface area contributed by atoms with Crippen molar-refractivity contribution in [3.05, 3.63) is 83.2 Å². The van der Waals surface area contributed by atoms with Crippen LogP contribution in [0, 0.1) is 0 Å². The summed E-state index contributed by atoms with van der Waals surface area (Å²) in [5, 5.41) is 14.5. The highest BCUT2D eigenvalue weighted by molar-refractivity contribution is 5.67. The second kappa shape index (κ2) is 7.28. The fourth-order valence-electron chi connectivity index (χ4n) is 4.43. The van der Waals surface area contributed by atoms with Crippen LogP contribution >= 0.6 is 0 Å². The van der Waals surface area contributed by atoms with Gasteiger partial charge in [0.2, 0.25) is 0 Å². The van der Waals surface area contributed by atoms with Gasteiger partial charge in [0.1, 0.15) is 5.75 Å². The Morgan fingerprint density at radius 2 is 1.75 bits per heavy atom. The highest BCUT2D eigenvalue weighted by Crippen LogP contribution is 2.30. The van der Waals surface area contributed by atoms with Crippen LogP contribution in [0.3, 0.4) is 0 Å². The van der Waals surface area contributed by atoms with Gasteiger partial charge in [0.05, 0.1) is 11.4 Å². The van der Waals surface area contributed by atoms with Crippen molar-refractivity contribution in [1.29, 1.82) is 0 Å². The molecule has 0 saturated heterocycles. The predicted octanol–water partition coefficient (Wildman–Crippen LogP) is 4.36. The predicted molar refractivity (Wildman–Crippen MR) is 112 cm³/mol. The fraction of sp³-hybridized carbons (Fsp3) is 0.292. The molecule has 28 heavy (non-hydrogen) atoms. The van der Waals surface area contributed by atoms with Crippen LogP contribution in [0.4, 0.5) is 0 Å². The second-order valence-corrected chi connectivity index (χ2v) is 7.73. The van der Waals surface area contributed by atoms with Crippen LogP contribution in [0.2, 0.25) is 0 Å². The monoisotopic (exact) mass is 371 g/mol. The lowest BCUT2D eigenvalue weighted by Crippen LogP contribution is -2.28. The van der Waals surface area contributed by atoms with E-state index in [0.717, 1.165) is 38.9 Å². The standard InChI is InChI=1S/C24H25N3O/c28-21-11-9-18(10-12-21)19-13-15-26(16-14-19)17-23-22-7-4-8-24(22)27(25-23)20-5-2-1-3-6-20/h1-3,5-6,9-13,28H,4,7-8,14-17H2. The van der Waals surface area contributed by atoms with Crippen molar-refractivity contribution in [3.8, 4) is 11.4 Å². The van der Waals surface area contributed by atoms with Crippen LogP contribution in [0.25, 0.3) is 11.3 Å². The molecule has 1 aliphatic carbocycles. The Kier molecular flexibility index (Phi) is 4.49. The number of phenols is 1. The number of rotatable bonds is 4. The number of phenolic OH excluding ortho intramolecular Hbond substituents is 1. The molecule has 0 amide bonds. The van der Waals surface area contributed by atoms with Crippen molar-refractivity contribution >= 4 is 5.57 Å². The van der Waals surface area contributed by atoms with E-state index in [-0.39, 0.29) is 0 Å². The highest BCUT2D eigenvalue weighted by Gasteiger charge is 2.24. The first kappa shape index (κ1) is 17.3. The molecule has 1 aromatic heterocycles. The Balaban J connectivity index is 1.34. The summed E-state index contributed by atoms with van der Waals surface area (Å²) in [5.41, 5.74) is 7.87. The first-order chi connectivity index (χ1) is 13.8. The van der Waals surface area contributed by atoms with E-state index in [4.69, 9.17) is 5.10 Å². The summed E-state index contributed by atoms with van der Waals surface area (Å²) in [7, 11) is 0. The molecule has 2 aromatic carbocycles. The first-order valence-corrected chi connectivity index (χ1v) is 10.1. The summed E-state index contributed by atoms with van der Waals surface area (Å²) in [6, 6.07) is 18.0. The van der Waals surface area contributed by atoms with E-state index in [0.29, 0.717) is 5.75 Å². The molecule has 0 fully saturated rings. The van der Waals surface area contributed by atoms with E-state index >= 15 is 0 Å². The molecule has 0 radical (unpaired) electrons. The number of para-hydroxylation sites is 1. The Morgan fingerprint density at radius 1 is 0.929 bits per heavy atom. The Morgan fingerprint density at radius 3 is 2.50 bits per heavy atom. The SMILES string of the molecule is Oc1ccc(C2=CCN(Cc3nn(-c4ccccc4)c4c3CCC4)CC2)cc1. The van der Waals surface area contributed by atoms with Crippen LogP contribution in [-0.2, 0) is 19.4 Å². The Bertz CT molecular complexity index is 1000. The van der Waals surface area contributed by atoms with E-state index in [1.165, 1.54) is 40.2 Å². The van der Waals surface area contributed by atoms with Crippen LogP contribution in [0.15, 0.2) is 60.7 Å². The molecule has 2 aliphatic rings. The smallest absolute Gasteiger partial charge is 0.115 e. The third-order valence-electron chi connectivity index (χ3n) is 5.92. The Labute approximate surface area is 165 Å². The summed E-state index contributed by atoms with van der Waals surface area (Å²) >= 11 is 0. The zero-order chi connectivity index (χ0) is 18.9. The molecule has 0 bridgehead atoms. The molecular weight excluding hydrogens is 346 g/mol. The second-order valence-electron chi connectivity index (χ2n) is 7.73. The quantitative estimate of drug-likeness (QED) is 0.741. The molecule has 4 heteroatoms. The van der Waals surface area contributed by atoms with Crippen LogP contribution in [0.1, 0.15) is 35.4 Å². The van der Waals surface area contributed by atoms with Gasteiger partial charge in [-0.25, -0.2) is 4.68 Å². The third kappa shape index (κ3) is 3.25. The van der Waals surface area contributed by atoms with Gasteiger partial charge in [-0.2, -0.15) is 5.10 Å². The van der Waals surface area contributed by atoms with Gasteiger partial charge in [0.15, 0.2) is 0 Å². The average molecular weight is 371 g/mol. The van der Waals surface area contributed by atoms with Gasteiger partial charge in [0, 0.05) is 25.3 Å². The number of aromatic nitrogens is 2. The van der Waals surface area contributed by atoms with E-state index in [1.54, 1.807) is 12.1 Å². The summed E-state index contributed by atoms with van der Waals surface area (Å²) < 4.78 is 2.17. The number of nitrogens with zero attached hydrogens (tertiary/aromatic N) is 3. The Hall–Kier alpha value is -2.85. The molecule has 3 aromatic rings. The maximum atomic E-state index is 9.49. The molecule has 0 atom stereocenters. The normalized spacial score (nSPS) is 16.8. The molecule has 5 rings (SSSR count). The van der Waals surface area contributed by atoms with Gasteiger partial charge in [-0.1, -0.05) is 36.4 Å². The summed E-state index contributed by atoms with van der Waals surface area (Å²) in [4.78, 5) is 2.49. The van der Waals surface area contributed by atoms with Gasteiger partial charge >= 0.3 is 0 Å². The molecule has 1 aliphatic heterocycles. The fourth-order valence-corrected chi connectivity index (χ4v) is 4.43. The zero-order valence-electron chi connectivity index (χ0n) is 16.0. The minimum atomic E-state index is 0.324. The third-order valence-corrected chi connectivity index (χ3v) is 5.92. The van der Waals surface area contributed by atoms with Gasteiger partial charge in [-0.05, 0) is 66.6 Å². The van der Waals surface area contributed by atoms with Crippen molar-refractivity contribution in [1.82, 2.24) is 14.7 Å². The van der Waals surface area contributed by atoms with Crippen LogP contribution < -0.4 is 0 Å². The highest BCUT2D eigenvalue weighted by atomic mass is 16.3. The van der Waals surface area contributed by atoms with Gasteiger partial charge in [0.25, 0.3) is 0 Å². The maximum Gasteiger partial charge on any atom is 0.115 e. The van der Waals surface area contributed by atoms with E-state index in [1.807, 2.05) is 12.1 Å². The number of fused-ring (bicyclic) bond motifs is 1. The number of hydrogen-bond donors (Lipinski definition) is 1. The molecule has 2 heterocycles. The molecular formula is C24H25N3O. The van der Waals surface area contributed by atoms with Crippen molar-refractivity contribution < 1.29 is 5.11 Å².